The highest BCUT2D eigenvalue weighted by Gasteiger charge is 2.33. The van der Waals surface area contributed by atoms with Crippen LogP contribution in [0.3, 0.4) is 0 Å². The van der Waals surface area contributed by atoms with Crippen LogP contribution in [0.25, 0.3) is 0 Å². The minimum absolute atomic E-state index is 0.0179. The van der Waals surface area contributed by atoms with Crippen LogP contribution >= 0.6 is 0 Å². The van der Waals surface area contributed by atoms with E-state index in [0.717, 1.165) is 24.8 Å². The van der Waals surface area contributed by atoms with Crippen LogP contribution in [0.4, 0.5) is 5.69 Å². The summed E-state index contributed by atoms with van der Waals surface area (Å²) in [7, 11) is -3.99. The number of hydrogen-bond acceptors (Lipinski definition) is 4. The first kappa shape index (κ1) is 23.4. The molecule has 8 heteroatoms. The van der Waals surface area contributed by atoms with Crippen LogP contribution in [0.15, 0.2) is 53.4 Å². The van der Waals surface area contributed by atoms with Gasteiger partial charge in [0.2, 0.25) is 21.8 Å². The predicted octanol–water partition coefficient (Wildman–Crippen LogP) is 3.53. The molecule has 0 spiro atoms. The van der Waals surface area contributed by atoms with E-state index in [9.17, 15) is 18.0 Å². The SMILES string of the molecule is CC1CCCC(NC(=O)C(NS(=O)(=O)c2ccc3c(c2)CCC(=O)N3)c2ccccc2)C1C. The van der Waals surface area contributed by atoms with Crippen molar-refractivity contribution in [1.82, 2.24) is 10.0 Å². The molecule has 176 valence electrons. The monoisotopic (exact) mass is 469 g/mol. The van der Waals surface area contributed by atoms with E-state index >= 15 is 0 Å². The number of fused-ring (bicyclic) bond motifs is 1. The smallest absolute Gasteiger partial charge is 0.242 e. The van der Waals surface area contributed by atoms with Crippen molar-refractivity contribution in [3.05, 3.63) is 59.7 Å². The first-order chi connectivity index (χ1) is 15.7. The Morgan fingerprint density at radius 2 is 1.82 bits per heavy atom. The second-order valence-corrected chi connectivity index (χ2v) is 10.9. The van der Waals surface area contributed by atoms with Crippen LogP contribution in [0.2, 0.25) is 0 Å². The molecule has 2 aliphatic rings. The summed E-state index contributed by atoms with van der Waals surface area (Å²) in [5.74, 6) is 0.405. The average molecular weight is 470 g/mol. The Bertz CT molecular complexity index is 1130. The van der Waals surface area contributed by atoms with Crippen molar-refractivity contribution in [2.75, 3.05) is 5.32 Å². The minimum atomic E-state index is -3.99. The van der Waals surface area contributed by atoms with Gasteiger partial charge in [0.05, 0.1) is 4.90 Å². The van der Waals surface area contributed by atoms with Crippen LogP contribution in [-0.2, 0) is 26.0 Å². The van der Waals surface area contributed by atoms with E-state index in [4.69, 9.17) is 0 Å². The molecule has 1 heterocycles. The van der Waals surface area contributed by atoms with Crippen LogP contribution < -0.4 is 15.4 Å². The molecule has 2 aromatic rings. The Kier molecular flexibility index (Phi) is 6.86. The van der Waals surface area contributed by atoms with Crippen molar-refractivity contribution in [3.63, 3.8) is 0 Å². The number of nitrogens with one attached hydrogen (secondary N) is 3. The van der Waals surface area contributed by atoms with E-state index in [2.05, 4.69) is 29.2 Å². The van der Waals surface area contributed by atoms with E-state index in [0.29, 0.717) is 35.9 Å². The Balaban J connectivity index is 1.59. The van der Waals surface area contributed by atoms with Crippen molar-refractivity contribution >= 4 is 27.5 Å². The molecule has 1 aliphatic heterocycles. The number of rotatable bonds is 6. The van der Waals surface area contributed by atoms with Crippen molar-refractivity contribution in [1.29, 1.82) is 0 Å². The summed E-state index contributed by atoms with van der Waals surface area (Å²) in [4.78, 5) is 25.0. The summed E-state index contributed by atoms with van der Waals surface area (Å²) in [5.41, 5.74) is 1.98. The topological polar surface area (TPSA) is 104 Å². The molecule has 7 nitrogen and oxygen atoms in total. The standard InChI is InChI=1S/C25H31N3O4S/c1-16-7-6-10-21(17(16)2)27-25(30)24(18-8-4-3-5-9-18)28-33(31,32)20-12-13-22-19(15-20)11-14-23(29)26-22/h3-5,8-9,12-13,15-17,21,24,28H,6-7,10-11,14H2,1-2H3,(H,26,29)(H,27,30). The van der Waals surface area contributed by atoms with Gasteiger partial charge in [0.25, 0.3) is 0 Å². The molecule has 1 saturated carbocycles. The molecule has 2 aromatic carbocycles. The molecule has 2 amide bonds. The van der Waals surface area contributed by atoms with Gasteiger partial charge in [-0.05, 0) is 54.0 Å². The summed E-state index contributed by atoms with van der Waals surface area (Å²) in [5, 5.41) is 5.87. The highest BCUT2D eigenvalue weighted by atomic mass is 32.2. The summed E-state index contributed by atoms with van der Waals surface area (Å²) >= 11 is 0. The number of benzene rings is 2. The molecule has 33 heavy (non-hydrogen) atoms. The number of aryl methyl sites for hydroxylation is 1. The second-order valence-electron chi connectivity index (χ2n) is 9.21. The third-order valence-electron chi connectivity index (χ3n) is 6.99. The van der Waals surface area contributed by atoms with Gasteiger partial charge < -0.3 is 10.6 Å². The maximum absolute atomic E-state index is 13.4. The number of carbonyl (C=O) groups excluding carboxylic acids is 2. The van der Waals surface area contributed by atoms with Crippen molar-refractivity contribution in [2.24, 2.45) is 11.8 Å². The molecule has 1 aliphatic carbocycles. The van der Waals surface area contributed by atoms with Crippen molar-refractivity contribution < 1.29 is 18.0 Å². The average Bonchev–Trinajstić information content (AvgIpc) is 2.80. The minimum Gasteiger partial charge on any atom is -0.351 e. The van der Waals surface area contributed by atoms with Crippen LogP contribution in [-0.4, -0.2) is 26.3 Å². The lowest BCUT2D eigenvalue weighted by molar-refractivity contribution is -0.124. The number of carbonyl (C=O) groups is 2. The number of anilines is 1. The summed E-state index contributed by atoms with van der Waals surface area (Å²) in [6.45, 7) is 4.33. The van der Waals surface area contributed by atoms with E-state index in [-0.39, 0.29) is 22.8 Å². The Hall–Kier alpha value is -2.71. The molecular formula is C25H31N3O4S. The zero-order valence-corrected chi connectivity index (χ0v) is 19.8. The van der Waals surface area contributed by atoms with E-state index in [1.165, 1.54) is 6.07 Å². The largest absolute Gasteiger partial charge is 0.351 e. The van der Waals surface area contributed by atoms with E-state index in [1.54, 1.807) is 36.4 Å². The number of sulfonamides is 1. The van der Waals surface area contributed by atoms with Crippen molar-refractivity contribution in [2.45, 2.75) is 62.9 Å². The Morgan fingerprint density at radius 1 is 1.06 bits per heavy atom. The number of amides is 2. The Labute approximate surface area is 195 Å². The van der Waals surface area contributed by atoms with Crippen LogP contribution in [0.5, 0.6) is 0 Å². The molecule has 0 radical (unpaired) electrons. The number of hydrogen-bond donors (Lipinski definition) is 3. The van der Waals surface area contributed by atoms with Gasteiger partial charge in [0.1, 0.15) is 6.04 Å². The third-order valence-corrected chi connectivity index (χ3v) is 8.41. The summed E-state index contributed by atoms with van der Waals surface area (Å²) in [6, 6.07) is 12.5. The molecule has 0 aromatic heterocycles. The quantitative estimate of drug-likeness (QED) is 0.602. The van der Waals surface area contributed by atoms with Gasteiger partial charge in [-0.3, -0.25) is 9.59 Å². The van der Waals surface area contributed by atoms with Gasteiger partial charge in [-0.1, -0.05) is 57.0 Å². The Morgan fingerprint density at radius 3 is 2.58 bits per heavy atom. The van der Waals surface area contributed by atoms with Crippen LogP contribution in [0.1, 0.15) is 56.7 Å². The first-order valence-corrected chi connectivity index (χ1v) is 13.0. The summed E-state index contributed by atoms with van der Waals surface area (Å²) < 4.78 is 29.2. The second kappa shape index (κ2) is 9.65. The van der Waals surface area contributed by atoms with Gasteiger partial charge in [-0.25, -0.2) is 8.42 Å². The molecule has 4 atom stereocenters. The van der Waals surface area contributed by atoms with Crippen LogP contribution in [0, 0.1) is 11.8 Å². The van der Waals surface area contributed by atoms with Gasteiger partial charge in [0.15, 0.2) is 0 Å². The lowest BCUT2D eigenvalue weighted by atomic mass is 9.78. The molecular weight excluding hydrogens is 438 g/mol. The lowest BCUT2D eigenvalue weighted by Gasteiger charge is -2.35. The maximum Gasteiger partial charge on any atom is 0.242 e. The normalized spacial score (nSPS) is 23.8. The van der Waals surface area contributed by atoms with Gasteiger partial charge in [0, 0.05) is 18.2 Å². The maximum atomic E-state index is 13.4. The molecule has 4 rings (SSSR count). The van der Waals surface area contributed by atoms with Gasteiger partial charge in [-0.2, -0.15) is 4.72 Å². The van der Waals surface area contributed by atoms with E-state index < -0.39 is 16.1 Å². The summed E-state index contributed by atoms with van der Waals surface area (Å²) in [6.07, 6.45) is 3.87. The molecule has 0 saturated heterocycles. The van der Waals surface area contributed by atoms with E-state index in [1.807, 2.05) is 6.07 Å². The van der Waals surface area contributed by atoms with Crippen molar-refractivity contribution in [3.8, 4) is 0 Å². The molecule has 3 N–H and O–H groups in total. The zero-order chi connectivity index (χ0) is 23.6. The fraction of sp³-hybridized carbons (Fsp3) is 0.440. The zero-order valence-electron chi connectivity index (χ0n) is 19.0. The molecule has 0 bridgehead atoms. The molecule has 4 unspecified atom stereocenters. The first-order valence-electron chi connectivity index (χ1n) is 11.5. The molecule has 1 fully saturated rings. The highest BCUT2D eigenvalue weighted by Crippen LogP contribution is 2.30. The third kappa shape index (κ3) is 5.28. The van der Waals surface area contributed by atoms with Gasteiger partial charge >= 0.3 is 0 Å². The highest BCUT2D eigenvalue weighted by molar-refractivity contribution is 7.89. The van der Waals surface area contributed by atoms with Gasteiger partial charge in [-0.15, -0.1) is 0 Å². The lowest BCUT2D eigenvalue weighted by Crippen LogP contribution is -2.48. The predicted molar refractivity (Wildman–Crippen MR) is 127 cm³/mol. The fourth-order valence-corrected chi connectivity index (χ4v) is 5.95. The fourth-order valence-electron chi connectivity index (χ4n) is 4.72.